The maximum Gasteiger partial charge on any atom is 0.265 e. The molecule has 6 nitrogen and oxygen atoms in total. The van der Waals surface area contributed by atoms with Gasteiger partial charge in [0.1, 0.15) is 0 Å². The molecular weight excluding hydrogens is 500 g/mol. The molecule has 0 aromatic heterocycles. The molecule has 0 saturated heterocycles. The van der Waals surface area contributed by atoms with Crippen molar-refractivity contribution in [1.29, 1.82) is 0 Å². The topological polar surface area (TPSA) is 74.8 Å². The lowest BCUT2D eigenvalue weighted by Crippen LogP contribution is -2.43. The van der Waals surface area contributed by atoms with Gasteiger partial charge in [-0.2, -0.15) is 0 Å². The van der Waals surface area contributed by atoms with Crippen LogP contribution in [0.3, 0.4) is 0 Å². The molecule has 3 aromatic rings. The summed E-state index contributed by atoms with van der Waals surface area (Å²) in [6.07, 6.45) is 8.99. The van der Waals surface area contributed by atoms with Gasteiger partial charge in [-0.25, -0.2) is 9.80 Å². The Kier molecular flexibility index (Phi) is 8.84. The average Bonchev–Trinajstić information content (AvgIpc) is 3.03. The maximum atomic E-state index is 13.9. The van der Waals surface area contributed by atoms with E-state index in [2.05, 4.69) is 0 Å². The van der Waals surface area contributed by atoms with Crippen LogP contribution in [0.2, 0.25) is 0 Å². The lowest BCUT2D eigenvalue weighted by molar-refractivity contribution is -0.123. The quantitative estimate of drug-likeness (QED) is 0.312. The van der Waals surface area contributed by atoms with Crippen molar-refractivity contribution in [3.63, 3.8) is 0 Å². The second kappa shape index (κ2) is 12.9. The summed E-state index contributed by atoms with van der Waals surface area (Å²) in [5.74, 6) is -1.76. The van der Waals surface area contributed by atoms with Gasteiger partial charge in [0.2, 0.25) is 11.8 Å². The fourth-order valence-electron chi connectivity index (χ4n) is 5.94. The van der Waals surface area contributed by atoms with E-state index in [0.29, 0.717) is 22.5 Å². The Morgan fingerprint density at radius 2 is 0.850 bits per heavy atom. The summed E-state index contributed by atoms with van der Waals surface area (Å²) in [6.45, 7) is 0. The molecule has 0 heterocycles. The summed E-state index contributed by atoms with van der Waals surface area (Å²) in [5, 5.41) is 0. The first-order chi connectivity index (χ1) is 19.5. The number of rotatable bonds is 6. The summed E-state index contributed by atoms with van der Waals surface area (Å²) in [7, 11) is 0. The molecule has 0 N–H and O–H groups in total. The van der Waals surface area contributed by atoms with Crippen LogP contribution in [0.5, 0.6) is 0 Å². The molecule has 0 radical (unpaired) electrons. The van der Waals surface area contributed by atoms with Crippen molar-refractivity contribution < 1.29 is 19.2 Å². The van der Waals surface area contributed by atoms with Crippen LogP contribution in [-0.4, -0.2) is 23.6 Å². The van der Waals surface area contributed by atoms with E-state index in [1.54, 1.807) is 72.8 Å². The third-order valence-electron chi connectivity index (χ3n) is 8.14. The van der Waals surface area contributed by atoms with E-state index in [0.717, 1.165) is 64.2 Å². The molecular formula is C34H36N2O4. The van der Waals surface area contributed by atoms with Gasteiger partial charge in [0.25, 0.3) is 11.8 Å². The molecule has 4 amide bonds. The zero-order valence-electron chi connectivity index (χ0n) is 22.8. The van der Waals surface area contributed by atoms with E-state index in [1.165, 1.54) is 9.80 Å². The molecule has 0 spiro atoms. The van der Waals surface area contributed by atoms with Crippen molar-refractivity contribution in [2.45, 2.75) is 64.2 Å². The van der Waals surface area contributed by atoms with Crippen LogP contribution in [-0.2, 0) is 9.59 Å². The van der Waals surface area contributed by atoms with Crippen molar-refractivity contribution in [3.8, 4) is 0 Å². The van der Waals surface area contributed by atoms with E-state index in [-0.39, 0.29) is 23.7 Å². The van der Waals surface area contributed by atoms with Crippen LogP contribution in [0.4, 0.5) is 11.4 Å². The summed E-state index contributed by atoms with van der Waals surface area (Å²) in [6, 6.07) is 24.3. The zero-order chi connectivity index (χ0) is 27.9. The van der Waals surface area contributed by atoms with Gasteiger partial charge < -0.3 is 0 Å². The maximum absolute atomic E-state index is 13.9. The van der Waals surface area contributed by atoms with E-state index in [9.17, 15) is 19.2 Å². The highest BCUT2D eigenvalue weighted by Crippen LogP contribution is 2.33. The van der Waals surface area contributed by atoms with E-state index in [1.807, 2.05) is 12.1 Å². The SMILES string of the molecule is O=C(c1ccccc1)N(C(=O)C1CCCCC1)c1cccc(N(C(=O)c2ccccc2)C(=O)C2CCCCC2)c1. The minimum absolute atomic E-state index is 0.231. The van der Waals surface area contributed by atoms with Crippen molar-refractivity contribution in [2.75, 3.05) is 9.80 Å². The van der Waals surface area contributed by atoms with E-state index >= 15 is 0 Å². The van der Waals surface area contributed by atoms with Gasteiger partial charge >= 0.3 is 0 Å². The molecule has 206 valence electrons. The minimum atomic E-state index is -0.409. The summed E-state index contributed by atoms with van der Waals surface area (Å²) >= 11 is 0. The van der Waals surface area contributed by atoms with Gasteiger partial charge in [0.05, 0.1) is 11.4 Å². The largest absolute Gasteiger partial charge is 0.274 e. The predicted octanol–water partition coefficient (Wildman–Crippen LogP) is 7.19. The Balaban J connectivity index is 1.56. The van der Waals surface area contributed by atoms with Crippen LogP contribution in [0.25, 0.3) is 0 Å². The number of anilines is 2. The lowest BCUT2D eigenvalue weighted by atomic mass is 9.87. The second-order valence-electron chi connectivity index (χ2n) is 10.9. The number of hydrogen-bond acceptors (Lipinski definition) is 4. The first-order valence-electron chi connectivity index (χ1n) is 14.5. The van der Waals surface area contributed by atoms with E-state index < -0.39 is 11.8 Å². The fourth-order valence-corrected chi connectivity index (χ4v) is 5.94. The van der Waals surface area contributed by atoms with Crippen molar-refractivity contribution >= 4 is 35.0 Å². The Labute approximate surface area is 236 Å². The molecule has 0 bridgehead atoms. The Bertz CT molecular complexity index is 1240. The van der Waals surface area contributed by atoms with Crippen LogP contribution in [0.15, 0.2) is 84.9 Å². The van der Waals surface area contributed by atoms with Crippen LogP contribution in [0, 0.1) is 11.8 Å². The number of hydrogen-bond donors (Lipinski definition) is 0. The Morgan fingerprint density at radius 3 is 1.23 bits per heavy atom. The molecule has 6 heteroatoms. The minimum Gasteiger partial charge on any atom is -0.274 e. The predicted molar refractivity (Wildman–Crippen MR) is 156 cm³/mol. The lowest BCUT2D eigenvalue weighted by Gasteiger charge is -2.30. The first kappa shape index (κ1) is 27.5. The van der Waals surface area contributed by atoms with Gasteiger partial charge in [0.15, 0.2) is 0 Å². The van der Waals surface area contributed by atoms with Gasteiger partial charge in [-0.3, -0.25) is 19.2 Å². The molecule has 2 fully saturated rings. The third kappa shape index (κ3) is 6.06. The molecule has 0 atom stereocenters. The van der Waals surface area contributed by atoms with Gasteiger partial charge in [0, 0.05) is 23.0 Å². The molecule has 3 aromatic carbocycles. The van der Waals surface area contributed by atoms with Crippen molar-refractivity contribution in [2.24, 2.45) is 11.8 Å². The average molecular weight is 537 g/mol. The molecule has 2 saturated carbocycles. The van der Waals surface area contributed by atoms with Crippen LogP contribution >= 0.6 is 0 Å². The number of benzene rings is 3. The monoisotopic (exact) mass is 536 g/mol. The molecule has 2 aliphatic carbocycles. The molecule has 2 aliphatic rings. The number of amides is 4. The molecule has 0 aliphatic heterocycles. The Morgan fingerprint density at radius 1 is 0.475 bits per heavy atom. The van der Waals surface area contributed by atoms with Crippen LogP contribution < -0.4 is 9.80 Å². The van der Waals surface area contributed by atoms with Crippen molar-refractivity contribution in [3.05, 3.63) is 96.1 Å². The Hall–Kier alpha value is -4.06. The molecule has 40 heavy (non-hydrogen) atoms. The number of imide groups is 2. The number of carbonyl (C=O) groups is 4. The molecule has 5 rings (SSSR count). The molecule has 0 unspecified atom stereocenters. The normalized spacial score (nSPS) is 16.2. The highest BCUT2D eigenvalue weighted by molar-refractivity contribution is 6.24. The van der Waals surface area contributed by atoms with Gasteiger partial charge in [-0.1, -0.05) is 81.0 Å². The highest BCUT2D eigenvalue weighted by Gasteiger charge is 2.35. The van der Waals surface area contributed by atoms with Crippen molar-refractivity contribution in [1.82, 2.24) is 0 Å². The summed E-state index contributed by atoms with van der Waals surface area (Å²) in [4.78, 5) is 57.9. The highest BCUT2D eigenvalue weighted by atomic mass is 16.2. The standard InChI is InChI=1S/C34H36N2O4/c37-31(25-14-5-1-6-15-25)35(32(38)26-16-7-2-8-17-26)29-22-13-23-30(24-29)36(33(39)27-18-9-3-10-19-27)34(40)28-20-11-4-12-21-28/h1,3,5-6,9-10,13-15,18-19,22-24,26,28H,2,4,7-8,11-12,16-17,20-21H2. The first-order valence-corrected chi connectivity index (χ1v) is 14.5. The summed E-state index contributed by atoms with van der Waals surface area (Å²) in [5.41, 5.74) is 1.55. The van der Waals surface area contributed by atoms with Gasteiger partial charge in [-0.05, 0) is 68.1 Å². The second-order valence-corrected chi connectivity index (χ2v) is 10.9. The third-order valence-corrected chi connectivity index (χ3v) is 8.14. The zero-order valence-corrected chi connectivity index (χ0v) is 22.8. The number of carbonyl (C=O) groups excluding carboxylic acids is 4. The summed E-state index contributed by atoms with van der Waals surface area (Å²) < 4.78 is 0. The van der Waals surface area contributed by atoms with E-state index in [4.69, 9.17) is 0 Å². The smallest absolute Gasteiger partial charge is 0.265 e. The van der Waals surface area contributed by atoms with Crippen LogP contribution in [0.1, 0.15) is 84.9 Å². The van der Waals surface area contributed by atoms with Gasteiger partial charge in [-0.15, -0.1) is 0 Å². The number of nitrogens with zero attached hydrogens (tertiary/aromatic N) is 2. The fraction of sp³-hybridized carbons (Fsp3) is 0.353.